The Labute approximate surface area is 85.5 Å². The molecule has 0 aromatic carbocycles. The molecule has 1 aliphatic heterocycles. The maximum Gasteiger partial charge on any atom is 0.397 e. The summed E-state index contributed by atoms with van der Waals surface area (Å²) in [6.07, 6.45) is -4.90. The van der Waals surface area contributed by atoms with Gasteiger partial charge in [0.05, 0.1) is 6.07 Å². The van der Waals surface area contributed by atoms with E-state index in [1.165, 1.54) is 4.90 Å². The zero-order valence-corrected chi connectivity index (χ0v) is 8.05. The topological polar surface area (TPSA) is 44.1 Å². The maximum atomic E-state index is 11.9. The smallest absolute Gasteiger partial charge is 0.342 e. The van der Waals surface area contributed by atoms with Gasteiger partial charge in [-0.05, 0) is 12.8 Å². The first kappa shape index (κ1) is 11.8. The Morgan fingerprint density at radius 1 is 1.40 bits per heavy atom. The van der Waals surface area contributed by atoms with Crippen molar-refractivity contribution in [3.8, 4) is 6.07 Å². The zero-order chi connectivity index (χ0) is 11.5. The van der Waals surface area contributed by atoms with E-state index < -0.39 is 18.5 Å². The van der Waals surface area contributed by atoms with Crippen LogP contribution in [0, 0.1) is 17.2 Å². The Morgan fingerprint density at radius 2 is 1.93 bits per heavy atom. The van der Waals surface area contributed by atoms with Gasteiger partial charge in [-0.3, -0.25) is 4.79 Å². The predicted molar refractivity (Wildman–Crippen MR) is 45.6 cm³/mol. The van der Waals surface area contributed by atoms with E-state index in [9.17, 15) is 18.0 Å². The van der Waals surface area contributed by atoms with Gasteiger partial charge in [0.15, 0.2) is 0 Å². The molecule has 1 aliphatic rings. The Bertz CT molecular complexity index is 274. The van der Waals surface area contributed by atoms with E-state index in [4.69, 9.17) is 5.26 Å². The van der Waals surface area contributed by atoms with Gasteiger partial charge in [-0.15, -0.1) is 0 Å². The van der Waals surface area contributed by atoms with Crippen LogP contribution in [0.5, 0.6) is 0 Å². The molecular formula is C9H11F3N2O. The summed E-state index contributed by atoms with van der Waals surface area (Å²) >= 11 is 0. The van der Waals surface area contributed by atoms with Crippen molar-refractivity contribution in [2.45, 2.75) is 25.4 Å². The van der Waals surface area contributed by atoms with Crippen LogP contribution < -0.4 is 0 Å². The molecule has 0 saturated carbocycles. The number of carbonyl (C=O) groups excluding carboxylic acids is 1. The number of amides is 1. The summed E-state index contributed by atoms with van der Waals surface area (Å²) in [5.74, 6) is -1.01. The van der Waals surface area contributed by atoms with Crippen molar-refractivity contribution in [2.75, 3.05) is 13.1 Å². The number of carbonyl (C=O) groups is 1. The summed E-state index contributed by atoms with van der Waals surface area (Å²) in [5.41, 5.74) is 0. The molecule has 1 heterocycles. The molecule has 1 amide bonds. The van der Waals surface area contributed by atoms with E-state index in [-0.39, 0.29) is 19.0 Å². The van der Waals surface area contributed by atoms with Gasteiger partial charge in [-0.25, -0.2) is 0 Å². The van der Waals surface area contributed by atoms with Gasteiger partial charge in [-0.1, -0.05) is 0 Å². The van der Waals surface area contributed by atoms with Gasteiger partial charge < -0.3 is 4.90 Å². The number of hydrogen-bond donors (Lipinski definition) is 0. The largest absolute Gasteiger partial charge is 0.397 e. The third-order valence-electron chi connectivity index (χ3n) is 2.38. The van der Waals surface area contributed by atoms with E-state index in [1.54, 1.807) is 0 Å². The van der Waals surface area contributed by atoms with Crippen LogP contribution in [0.25, 0.3) is 0 Å². The van der Waals surface area contributed by atoms with Crippen LogP contribution in [0.1, 0.15) is 19.3 Å². The summed E-state index contributed by atoms with van der Waals surface area (Å²) in [5, 5.41) is 8.57. The molecule has 0 spiro atoms. The molecule has 0 bridgehead atoms. The van der Waals surface area contributed by atoms with Gasteiger partial charge in [-0.2, -0.15) is 18.4 Å². The Kier molecular flexibility index (Phi) is 3.56. The predicted octanol–water partition coefficient (Wildman–Crippen LogP) is 1.70. The summed E-state index contributed by atoms with van der Waals surface area (Å²) in [4.78, 5) is 12.3. The van der Waals surface area contributed by atoms with E-state index in [0.717, 1.165) is 0 Å². The van der Waals surface area contributed by atoms with Crippen molar-refractivity contribution in [3.63, 3.8) is 0 Å². The molecule has 1 rings (SSSR count). The summed E-state index contributed by atoms with van der Waals surface area (Å²) in [6.45, 7) is 0.514. The Balaban J connectivity index is 2.41. The van der Waals surface area contributed by atoms with Gasteiger partial charge in [0.2, 0.25) is 5.91 Å². The van der Waals surface area contributed by atoms with Crippen LogP contribution in [0.3, 0.4) is 0 Å². The number of piperidine rings is 1. The van der Waals surface area contributed by atoms with Crippen LogP contribution in [0.4, 0.5) is 13.2 Å². The number of nitriles is 1. The van der Waals surface area contributed by atoms with Gasteiger partial charge >= 0.3 is 6.18 Å². The van der Waals surface area contributed by atoms with E-state index >= 15 is 0 Å². The summed E-state index contributed by atoms with van der Waals surface area (Å²) in [6, 6.07) is 2.05. The molecule has 3 nitrogen and oxygen atoms in total. The van der Waals surface area contributed by atoms with Gasteiger partial charge in [0, 0.05) is 19.0 Å². The number of nitrogens with zero attached hydrogens (tertiary/aromatic N) is 2. The normalized spacial score (nSPS) is 18.7. The molecule has 0 aromatic heterocycles. The average molecular weight is 220 g/mol. The van der Waals surface area contributed by atoms with Gasteiger partial charge in [0.25, 0.3) is 0 Å². The van der Waals surface area contributed by atoms with Crippen LogP contribution in [-0.4, -0.2) is 30.1 Å². The molecule has 15 heavy (non-hydrogen) atoms. The third-order valence-corrected chi connectivity index (χ3v) is 2.38. The van der Waals surface area contributed by atoms with Gasteiger partial charge in [0.1, 0.15) is 6.42 Å². The lowest BCUT2D eigenvalue weighted by Crippen LogP contribution is -2.40. The van der Waals surface area contributed by atoms with Crippen molar-refractivity contribution >= 4 is 5.91 Å². The summed E-state index contributed by atoms with van der Waals surface area (Å²) in [7, 11) is 0. The van der Waals surface area contributed by atoms with Crippen LogP contribution in [0.15, 0.2) is 0 Å². The number of likely N-dealkylation sites (tertiary alicyclic amines) is 1. The van der Waals surface area contributed by atoms with E-state index in [2.05, 4.69) is 6.07 Å². The number of alkyl halides is 3. The lowest BCUT2D eigenvalue weighted by Gasteiger charge is -2.29. The van der Waals surface area contributed by atoms with Crippen molar-refractivity contribution in [3.05, 3.63) is 0 Å². The Morgan fingerprint density at radius 3 is 2.33 bits per heavy atom. The highest BCUT2D eigenvalue weighted by molar-refractivity contribution is 5.76. The van der Waals surface area contributed by atoms with E-state index in [0.29, 0.717) is 12.8 Å². The van der Waals surface area contributed by atoms with Crippen LogP contribution in [0.2, 0.25) is 0 Å². The standard InChI is InChI=1S/C9H11F3N2O/c10-9(11,12)5-8(15)14-3-1-7(6-13)2-4-14/h7H,1-5H2. The lowest BCUT2D eigenvalue weighted by molar-refractivity contribution is -0.162. The van der Waals surface area contributed by atoms with Crippen LogP contribution >= 0.6 is 0 Å². The minimum absolute atomic E-state index is 0.125. The molecular weight excluding hydrogens is 209 g/mol. The van der Waals surface area contributed by atoms with E-state index in [1.807, 2.05) is 0 Å². The number of rotatable bonds is 1. The summed E-state index contributed by atoms with van der Waals surface area (Å²) < 4.78 is 35.7. The quantitative estimate of drug-likeness (QED) is 0.675. The molecule has 0 radical (unpaired) electrons. The number of hydrogen-bond acceptors (Lipinski definition) is 2. The molecule has 6 heteroatoms. The fourth-order valence-corrected chi connectivity index (χ4v) is 1.54. The third kappa shape index (κ3) is 3.78. The molecule has 0 atom stereocenters. The lowest BCUT2D eigenvalue weighted by atomic mass is 9.98. The van der Waals surface area contributed by atoms with Crippen molar-refractivity contribution in [1.29, 1.82) is 5.26 Å². The molecule has 1 saturated heterocycles. The molecule has 1 fully saturated rings. The monoisotopic (exact) mass is 220 g/mol. The van der Waals surface area contributed by atoms with Crippen LogP contribution in [-0.2, 0) is 4.79 Å². The maximum absolute atomic E-state index is 11.9. The zero-order valence-electron chi connectivity index (χ0n) is 8.05. The number of halogens is 3. The minimum Gasteiger partial charge on any atom is -0.342 e. The molecule has 0 N–H and O–H groups in total. The molecule has 0 aliphatic carbocycles. The van der Waals surface area contributed by atoms with Crippen molar-refractivity contribution < 1.29 is 18.0 Å². The molecule has 0 unspecified atom stereocenters. The highest BCUT2D eigenvalue weighted by Gasteiger charge is 2.34. The molecule has 0 aromatic rings. The highest BCUT2D eigenvalue weighted by atomic mass is 19.4. The first-order valence-electron chi connectivity index (χ1n) is 4.66. The minimum atomic E-state index is -4.44. The SMILES string of the molecule is N#CC1CCN(C(=O)CC(F)(F)F)CC1. The second kappa shape index (κ2) is 4.51. The first-order chi connectivity index (χ1) is 6.92. The fourth-order valence-electron chi connectivity index (χ4n) is 1.54. The first-order valence-corrected chi connectivity index (χ1v) is 4.66. The fraction of sp³-hybridized carbons (Fsp3) is 0.778. The van der Waals surface area contributed by atoms with Crippen molar-refractivity contribution in [2.24, 2.45) is 5.92 Å². The Hall–Kier alpha value is -1.25. The second-order valence-corrected chi connectivity index (χ2v) is 3.58. The molecule has 84 valence electrons. The average Bonchev–Trinajstić information content (AvgIpc) is 2.15. The highest BCUT2D eigenvalue weighted by Crippen LogP contribution is 2.23. The van der Waals surface area contributed by atoms with Crippen molar-refractivity contribution in [1.82, 2.24) is 4.90 Å². The second-order valence-electron chi connectivity index (χ2n) is 3.58.